The topological polar surface area (TPSA) is 68.0 Å². The van der Waals surface area contributed by atoms with Crippen molar-refractivity contribution in [1.29, 1.82) is 0 Å². The summed E-state index contributed by atoms with van der Waals surface area (Å²) in [6.45, 7) is 1.79. The van der Waals surface area contributed by atoms with Gasteiger partial charge in [0.1, 0.15) is 0 Å². The van der Waals surface area contributed by atoms with Gasteiger partial charge in [0, 0.05) is 11.8 Å². The normalized spacial score (nSPS) is 10.5. The summed E-state index contributed by atoms with van der Waals surface area (Å²) in [5.74, 6) is 0.382. The van der Waals surface area contributed by atoms with Crippen molar-refractivity contribution in [3.8, 4) is 11.4 Å². The zero-order chi connectivity index (χ0) is 9.42. The summed E-state index contributed by atoms with van der Waals surface area (Å²) in [6, 6.07) is 3.46. The molecule has 0 amide bonds. The minimum Gasteiger partial charge on any atom is -0.464 e. The highest BCUT2D eigenvalue weighted by atomic mass is 16.4. The first-order chi connectivity index (χ1) is 6.20. The van der Waals surface area contributed by atoms with Gasteiger partial charge in [-0.15, -0.1) is 5.10 Å². The number of carboxylic acid groups (broad SMARTS) is 1. The maximum atomic E-state index is 10.7. The van der Waals surface area contributed by atoms with Crippen molar-refractivity contribution in [3.63, 3.8) is 0 Å². The molecule has 5 nitrogen and oxygen atoms in total. The van der Waals surface area contributed by atoms with Crippen LogP contribution in [0, 0.1) is 6.92 Å². The van der Waals surface area contributed by atoms with Crippen molar-refractivity contribution in [2.24, 2.45) is 0 Å². The Morgan fingerprint density at radius 3 is 3.00 bits per heavy atom. The molecule has 0 aliphatic carbocycles. The molecule has 0 bridgehead atoms. The van der Waals surface area contributed by atoms with E-state index in [0.29, 0.717) is 5.82 Å². The summed E-state index contributed by atoms with van der Waals surface area (Å²) in [7, 11) is 0. The monoisotopic (exact) mass is 177 g/mol. The van der Waals surface area contributed by atoms with Crippen molar-refractivity contribution in [3.05, 3.63) is 24.0 Å². The van der Waals surface area contributed by atoms with E-state index in [1.54, 1.807) is 19.1 Å². The minimum absolute atomic E-state index is 0.382. The van der Waals surface area contributed by atoms with Gasteiger partial charge in [-0.2, -0.15) is 5.10 Å². The van der Waals surface area contributed by atoms with Crippen molar-refractivity contribution in [2.75, 3.05) is 0 Å². The number of hydrogen-bond donors (Lipinski definition) is 1. The van der Waals surface area contributed by atoms with E-state index < -0.39 is 6.09 Å². The van der Waals surface area contributed by atoms with Crippen LogP contribution >= 0.6 is 0 Å². The van der Waals surface area contributed by atoms with Crippen molar-refractivity contribution in [1.82, 2.24) is 14.8 Å². The lowest BCUT2D eigenvalue weighted by atomic mass is 10.2. The second-order valence-corrected chi connectivity index (χ2v) is 2.68. The number of rotatable bonds is 0. The highest BCUT2D eigenvalue weighted by Gasteiger charge is 2.15. The number of fused-ring (bicyclic) bond motifs is 1. The van der Waals surface area contributed by atoms with Gasteiger partial charge in [0.2, 0.25) is 0 Å². The molecule has 0 unspecified atom stereocenters. The van der Waals surface area contributed by atoms with Gasteiger partial charge < -0.3 is 5.11 Å². The van der Waals surface area contributed by atoms with Crippen LogP contribution in [-0.2, 0) is 0 Å². The molecule has 1 N–H and O–H groups in total. The van der Waals surface area contributed by atoms with Crippen molar-refractivity contribution < 1.29 is 9.90 Å². The molecule has 0 atom stereocenters. The lowest BCUT2D eigenvalue weighted by Crippen LogP contribution is -2.11. The summed E-state index contributed by atoms with van der Waals surface area (Å²) in [5, 5.41) is 16.4. The van der Waals surface area contributed by atoms with E-state index >= 15 is 0 Å². The third kappa shape index (κ3) is 1.05. The molecule has 0 saturated heterocycles. The molecule has 0 aromatic carbocycles. The Balaban J connectivity index is 2.72. The molecule has 66 valence electrons. The molecule has 0 aromatic rings. The summed E-state index contributed by atoms with van der Waals surface area (Å²) in [4.78, 5) is 10.7. The summed E-state index contributed by atoms with van der Waals surface area (Å²) >= 11 is 0. The Morgan fingerprint density at radius 1 is 1.54 bits per heavy atom. The zero-order valence-corrected chi connectivity index (χ0v) is 6.93. The Bertz CT molecular complexity index is 435. The maximum Gasteiger partial charge on any atom is 0.417 e. The molecule has 0 radical (unpaired) electrons. The molecule has 0 saturated carbocycles. The number of pyridine rings is 1. The molecular weight excluding hydrogens is 170 g/mol. The maximum absolute atomic E-state index is 10.7. The Kier molecular flexibility index (Phi) is 1.51. The number of hydrogen-bond acceptors (Lipinski definition) is 3. The number of aromatic nitrogens is 3. The second-order valence-electron chi connectivity index (χ2n) is 2.68. The van der Waals surface area contributed by atoms with Gasteiger partial charge in [-0.3, -0.25) is 0 Å². The lowest BCUT2D eigenvalue weighted by Gasteiger charge is -2.03. The van der Waals surface area contributed by atoms with Gasteiger partial charge in [-0.25, -0.2) is 9.36 Å². The molecular formula is C8H7N3O2. The van der Waals surface area contributed by atoms with Gasteiger partial charge in [0.25, 0.3) is 0 Å². The van der Waals surface area contributed by atoms with Gasteiger partial charge in [0.05, 0.1) is 5.69 Å². The second kappa shape index (κ2) is 2.55. The predicted octanol–water partition coefficient (Wildman–Crippen LogP) is 1.22. The fourth-order valence-electron chi connectivity index (χ4n) is 1.22. The molecule has 0 fully saturated rings. The zero-order valence-electron chi connectivity index (χ0n) is 6.93. The third-order valence-corrected chi connectivity index (χ3v) is 1.86. The van der Waals surface area contributed by atoms with E-state index in [1.807, 2.05) is 0 Å². The highest BCUT2D eigenvalue weighted by molar-refractivity contribution is 5.76. The fraction of sp³-hybridized carbons (Fsp3) is 0.125. The van der Waals surface area contributed by atoms with E-state index in [2.05, 4.69) is 10.2 Å². The molecule has 0 aromatic heterocycles. The third-order valence-electron chi connectivity index (χ3n) is 1.86. The van der Waals surface area contributed by atoms with Gasteiger partial charge in [-0.05, 0) is 19.1 Å². The molecule has 5 heteroatoms. The van der Waals surface area contributed by atoms with Crippen LogP contribution in [0.5, 0.6) is 0 Å². The largest absolute Gasteiger partial charge is 0.464 e. The Labute approximate surface area is 74.0 Å². The first-order valence-corrected chi connectivity index (χ1v) is 3.74. The summed E-state index contributed by atoms with van der Waals surface area (Å²) in [5.41, 5.74) is 1.51. The predicted molar refractivity (Wildman–Crippen MR) is 44.8 cm³/mol. The standard InChI is InChI=1S/C8H7N3O2/c1-5-6-3-2-4-11(8(12)13)7(6)10-9-5/h2-4H,1H3,(H,12,13). The van der Waals surface area contributed by atoms with Gasteiger partial charge >= 0.3 is 6.09 Å². The van der Waals surface area contributed by atoms with Crippen LogP contribution < -0.4 is 0 Å². The molecule has 2 rings (SSSR count). The van der Waals surface area contributed by atoms with E-state index in [-0.39, 0.29) is 0 Å². The van der Waals surface area contributed by atoms with E-state index in [1.165, 1.54) is 6.20 Å². The van der Waals surface area contributed by atoms with Crippen LogP contribution in [0.4, 0.5) is 4.79 Å². The molecule has 2 heterocycles. The molecule has 2 aliphatic rings. The average molecular weight is 177 g/mol. The van der Waals surface area contributed by atoms with Crippen molar-refractivity contribution >= 4 is 6.09 Å². The van der Waals surface area contributed by atoms with Crippen LogP contribution in [0.15, 0.2) is 18.3 Å². The highest BCUT2D eigenvalue weighted by Crippen LogP contribution is 2.21. The lowest BCUT2D eigenvalue weighted by molar-refractivity contribution is 0.196. The van der Waals surface area contributed by atoms with Crippen LogP contribution in [0.3, 0.4) is 0 Å². The first kappa shape index (κ1) is 7.72. The average Bonchev–Trinajstić information content (AvgIpc) is 2.48. The van der Waals surface area contributed by atoms with E-state index in [0.717, 1.165) is 15.8 Å². The smallest absolute Gasteiger partial charge is 0.417 e. The van der Waals surface area contributed by atoms with Crippen molar-refractivity contribution in [2.45, 2.75) is 6.92 Å². The number of nitrogens with zero attached hydrogens (tertiary/aromatic N) is 3. The van der Waals surface area contributed by atoms with Crippen LogP contribution in [-0.4, -0.2) is 26.0 Å². The SMILES string of the molecule is Cc1nnc2n(C(=O)O)cccc1-2. The Hall–Kier alpha value is -1.91. The van der Waals surface area contributed by atoms with Crippen LogP contribution in [0.2, 0.25) is 0 Å². The fourth-order valence-corrected chi connectivity index (χ4v) is 1.22. The van der Waals surface area contributed by atoms with Crippen LogP contribution in [0.1, 0.15) is 5.69 Å². The van der Waals surface area contributed by atoms with Gasteiger partial charge in [0.15, 0.2) is 5.82 Å². The summed E-state index contributed by atoms with van der Waals surface area (Å²) < 4.78 is 1.05. The van der Waals surface area contributed by atoms with E-state index in [9.17, 15) is 4.79 Å². The molecule has 2 aliphatic heterocycles. The summed E-state index contributed by atoms with van der Waals surface area (Å²) in [6.07, 6.45) is 0.393. The van der Waals surface area contributed by atoms with E-state index in [4.69, 9.17) is 5.11 Å². The Morgan fingerprint density at radius 2 is 2.31 bits per heavy atom. The number of carbonyl (C=O) groups is 1. The number of aryl methyl sites for hydroxylation is 1. The quantitative estimate of drug-likeness (QED) is 0.656. The minimum atomic E-state index is -1.05. The van der Waals surface area contributed by atoms with Crippen LogP contribution in [0.25, 0.3) is 11.4 Å². The van der Waals surface area contributed by atoms with Gasteiger partial charge in [-0.1, -0.05) is 0 Å². The molecule has 13 heavy (non-hydrogen) atoms. The first-order valence-electron chi connectivity index (χ1n) is 3.74. The molecule has 0 spiro atoms.